The molecule has 2 nitrogen and oxygen atoms in total. The van der Waals surface area contributed by atoms with Crippen molar-refractivity contribution in [3.8, 4) is 5.88 Å². The maximum Gasteiger partial charge on any atom is 0.202 e. The lowest BCUT2D eigenvalue weighted by atomic mass is 9.94. The van der Waals surface area contributed by atoms with Crippen molar-refractivity contribution in [2.75, 3.05) is 0 Å². The highest BCUT2D eigenvalue weighted by Crippen LogP contribution is 2.37. The Kier molecular flexibility index (Phi) is 2.78. The average molecular weight is 269 g/mol. The highest BCUT2D eigenvalue weighted by molar-refractivity contribution is 5.88. The van der Waals surface area contributed by atoms with Crippen LogP contribution in [-0.4, -0.2) is 9.67 Å². The highest BCUT2D eigenvalue weighted by Gasteiger charge is 2.27. The summed E-state index contributed by atoms with van der Waals surface area (Å²) in [5.74, 6) is -0.436. The molecule has 1 N–H and O–H groups in total. The summed E-state index contributed by atoms with van der Waals surface area (Å²) in [6, 6.07) is 14.7. The van der Waals surface area contributed by atoms with Crippen LogP contribution in [0.5, 0.6) is 5.88 Å². The molecule has 0 saturated heterocycles. The number of hydrogen-bond acceptors (Lipinski definition) is 1. The van der Waals surface area contributed by atoms with Crippen LogP contribution in [0.2, 0.25) is 0 Å². The van der Waals surface area contributed by atoms with Crippen LogP contribution in [-0.2, 0) is 5.54 Å². The molecular weight excluding hydrogens is 253 g/mol. The van der Waals surface area contributed by atoms with E-state index < -0.39 is 11.4 Å². The van der Waals surface area contributed by atoms with Gasteiger partial charge in [0, 0.05) is 11.6 Å². The molecule has 3 aromatic rings. The molecule has 0 unspecified atom stereocenters. The fourth-order valence-corrected chi connectivity index (χ4v) is 2.62. The quantitative estimate of drug-likeness (QED) is 0.738. The minimum absolute atomic E-state index is 0.0352. The lowest BCUT2D eigenvalue weighted by molar-refractivity contribution is 0.349. The van der Waals surface area contributed by atoms with Gasteiger partial charge >= 0.3 is 0 Å². The Balaban J connectivity index is 2.25. The molecule has 0 aliphatic rings. The Hall–Kier alpha value is -2.29. The molecule has 102 valence electrons. The molecule has 20 heavy (non-hydrogen) atoms. The molecule has 3 heteroatoms. The summed E-state index contributed by atoms with van der Waals surface area (Å²) >= 11 is 0. The number of nitrogens with zero attached hydrogens (tertiary/aromatic N) is 1. The molecule has 2 aromatic carbocycles. The first-order valence-corrected chi connectivity index (χ1v) is 6.56. The van der Waals surface area contributed by atoms with E-state index in [4.69, 9.17) is 0 Å². The van der Waals surface area contributed by atoms with Gasteiger partial charge in [-0.25, -0.2) is 4.39 Å². The maximum absolute atomic E-state index is 13.9. The predicted molar refractivity (Wildman–Crippen MR) is 78.4 cm³/mol. The van der Waals surface area contributed by atoms with Crippen molar-refractivity contribution in [3.63, 3.8) is 0 Å². The third kappa shape index (κ3) is 1.78. The summed E-state index contributed by atoms with van der Waals surface area (Å²) in [6.07, 6.45) is 1.79. The molecule has 0 aliphatic heterocycles. The van der Waals surface area contributed by atoms with Crippen LogP contribution >= 0.6 is 0 Å². The van der Waals surface area contributed by atoms with Gasteiger partial charge in [-0.1, -0.05) is 42.5 Å². The Morgan fingerprint density at radius 2 is 1.70 bits per heavy atom. The van der Waals surface area contributed by atoms with Crippen LogP contribution in [0.1, 0.15) is 19.4 Å². The molecule has 1 heterocycles. The number of rotatable bonds is 2. The summed E-state index contributed by atoms with van der Waals surface area (Å²) < 4.78 is 15.6. The van der Waals surface area contributed by atoms with Gasteiger partial charge in [0.25, 0.3) is 0 Å². The second-order valence-corrected chi connectivity index (χ2v) is 5.45. The van der Waals surface area contributed by atoms with Crippen molar-refractivity contribution in [1.82, 2.24) is 4.57 Å². The first kappa shape index (κ1) is 12.7. The van der Waals surface area contributed by atoms with Crippen LogP contribution in [0.25, 0.3) is 10.8 Å². The lowest BCUT2D eigenvalue weighted by Gasteiger charge is -2.28. The SMILES string of the molecule is CC(C)(c1ccccc1)n1cc2cccc(F)c2c1O. The van der Waals surface area contributed by atoms with E-state index in [-0.39, 0.29) is 11.3 Å². The molecule has 3 rings (SSSR count). The fourth-order valence-electron chi connectivity index (χ4n) is 2.62. The minimum atomic E-state index is -0.462. The molecule has 0 amide bonds. The van der Waals surface area contributed by atoms with E-state index in [0.717, 1.165) is 5.56 Å². The second kappa shape index (κ2) is 4.37. The van der Waals surface area contributed by atoms with Crippen molar-refractivity contribution < 1.29 is 9.50 Å². The molecule has 0 radical (unpaired) electrons. The van der Waals surface area contributed by atoms with E-state index >= 15 is 0 Å². The van der Waals surface area contributed by atoms with E-state index in [2.05, 4.69) is 0 Å². The largest absolute Gasteiger partial charge is 0.494 e. The van der Waals surface area contributed by atoms with Crippen molar-refractivity contribution in [1.29, 1.82) is 0 Å². The monoisotopic (exact) mass is 269 g/mol. The number of aromatic nitrogens is 1. The first-order chi connectivity index (χ1) is 9.51. The lowest BCUT2D eigenvalue weighted by Crippen LogP contribution is -2.26. The van der Waals surface area contributed by atoms with Gasteiger partial charge in [-0.05, 0) is 25.5 Å². The van der Waals surface area contributed by atoms with Gasteiger partial charge in [-0.3, -0.25) is 0 Å². The van der Waals surface area contributed by atoms with Gasteiger partial charge in [-0.2, -0.15) is 0 Å². The van der Waals surface area contributed by atoms with E-state index in [1.54, 1.807) is 22.9 Å². The van der Waals surface area contributed by atoms with Gasteiger partial charge in [-0.15, -0.1) is 0 Å². The van der Waals surface area contributed by atoms with E-state index in [0.29, 0.717) is 5.39 Å². The zero-order valence-electron chi connectivity index (χ0n) is 11.5. The summed E-state index contributed by atoms with van der Waals surface area (Å²) in [6.45, 7) is 4.00. The van der Waals surface area contributed by atoms with Crippen LogP contribution in [0.15, 0.2) is 54.7 Å². The maximum atomic E-state index is 13.9. The minimum Gasteiger partial charge on any atom is -0.494 e. The topological polar surface area (TPSA) is 25.2 Å². The van der Waals surface area contributed by atoms with Gasteiger partial charge in [0.2, 0.25) is 5.88 Å². The number of fused-ring (bicyclic) bond motifs is 1. The third-order valence-electron chi connectivity index (χ3n) is 3.85. The number of halogens is 1. The number of aromatic hydroxyl groups is 1. The van der Waals surface area contributed by atoms with Gasteiger partial charge in [0.1, 0.15) is 5.82 Å². The zero-order chi connectivity index (χ0) is 14.3. The smallest absolute Gasteiger partial charge is 0.202 e. The Morgan fingerprint density at radius 3 is 2.35 bits per heavy atom. The van der Waals surface area contributed by atoms with E-state index in [1.165, 1.54) is 6.07 Å². The number of hydrogen-bond donors (Lipinski definition) is 1. The fraction of sp³-hybridized carbons (Fsp3) is 0.176. The molecule has 0 spiro atoms. The van der Waals surface area contributed by atoms with Crippen LogP contribution in [0.3, 0.4) is 0 Å². The highest BCUT2D eigenvalue weighted by atomic mass is 19.1. The van der Waals surface area contributed by atoms with Crippen molar-refractivity contribution >= 4 is 10.8 Å². The molecule has 0 fully saturated rings. The summed E-state index contributed by atoms with van der Waals surface area (Å²) in [5.41, 5.74) is 0.590. The zero-order valence-corrected chi connectivity index (χ0v) is 11.5. The van der Waals surface area contributed by atoms with Gasteiger partial charge < -0.3 is 9.67 Å². The summed E-state index contributed by atoms with van der Waals surface area (Å²) in [5, 5.41) is 11.4. The second-order valence-electron chi connectivity index (χ2n) is 5.45. The van der Waals surface area contributed by atoms with E-state index in [1.807, 2.05) is 44.2 Å². The molecule has 0 aliphatic carbocycles. The van der Waals surface area contributed by atoms with Gasteiger partial charge in [0.05, 0.1) is 10.9 Å². The third-order valence-corrected chi connectivity index (χ3v) is 3.85. The predicted octanol–water partition coefficient (Wildman–Crippen LogP) is 4.27. The van der Waals surface area contributed by atoms with Gasteiger partial charge in [0.15, 0.2) is 0 Å². The Bertz CT molecular complexity index is 759. The standard InChI is InChI=1S/C17H16FNO/c1-17(2,13-8-4-3-5-9-13)19-11-12-7-6-10-14(18)15(12)16(19)20/h3-11,20H,1-2H3. The Labute approximate surface area is 117 Å². The van der Waals surface area contributed by atoms with Crippen LogP contribution < -0.4 is 0 Å². The molecule has 0 bridgehead atoms. The Morgan fingerprint density at radius 1 is 1.00 bits per heavy atom. The van der Waals surface area contributed by atoms with Crippen molar-refractivity contribution in [2.45, 2.75) is 19.4 Å². The first-order valence-electron chi connectivity index (χ1n) is 6.56. The number of benzene rings is 2. The van der Waals surface area contributed by atoms with Crippen LogP contribution in [0, 0.1) is 5.82 Å². The van der Waals surface area contributed by atoms with Crippen molar-refractivity contribution in [2.24, 2.45) is 0 Å². The normalized spacial score (nSPS) is 11.9. The molecule has 0 saturated carbocycles. The average Bonchev–Trinajstić information content (AvgIpc) is 2.79. The molecule has 0 atom stereocenters. The summed E-state index contributed by atoms with van der Waals surface area (Å²) in [7, 11) is 0. The van der Waals surface area contributed by atoms with Crippen molar-refractivity contribution in [3.05, 3.63) is 66.1 Å². The summed E-state index contributed by atoms with van der Waals surface area (Å²) in [4.78, 5) is 0. The van der Waals surface area contributed by atoms with E-state index in [9.17, 15) is 9.50 Å². The molecule has 1 aromatic heterocycles. The van der Waals surface area contributed by atoms with Crippen LogP contribution in [0.4, 0.5) is 4.39 Å². The molecular formula is C17H16FNO.